The van der Waals surface area contributed by atoms with Gasteiger partial charge < -0.3 is 14.5 Å². The summed E-state index contributed by atoms with van der Waals surface area (Å²) in [6.45, 7) is 10.4. The van der Waals surface area contributed by atoms with Gasteiger partial charge in [0.05, 0.1) is 13.2 Å². The minimum atomic E-state index is 0.758. The minimum absolute atomic E-state index is 0.758. The first-order valence-corrected chi connectivity index (χ1v) is 8.20. The number of hydrogen-bond donors (Lipinski definition) is 0. The summed E-state index contributed by atoms with van der Waals surface area (Å²) in [5, 5.41) is 0. The molecule has 5 nitrogen and oxygen atoms in total. The number of nitrogens with zero attached hydrogens (tertiary/aromatic N) is 4. The lowest BCUT2D eigenvalue weighted by atomic mass is 10.2. The normalized spacial score (nSPS) is 14.8. The van der Waals surface area contributed by atoms with Gasteiger partial charge in [0.2, 0.25) is 0 Å². The molecule has 0 spiro atoms. The van der Waals surface area contributed by atoms with E-state index in [0.717, 1.165) is 50.3 Å². The Labute approximate surface area is 137 Å². The van der Waals surface area contributed by atoms with Crippen molar-refractivity contribution in [2.45, 2.75) is 20.8 Å². The lowest BCUT2D eigenvalue weighted by Gasteiger charge is -2.29. The average Bonchev–Trinajstić information content (AvgIpc) is 2.56. The molecular weight excluding hydrogens is 288 g/mol. The van der Waals surface area contributed by atoms with Crippen LogP contribution in [0.2, 0.25) is 0 Å². The minimum Gasteiger partial charge on any atom is -0.378 e. The molecule has 0 bridgehead atoms. The maximum atomic E-state index is 5.44. The SMILES string of the molecule is CCN(c1cccc(C)c1)c1cc(N2CCOCC2)nc(C)n1. The van der Waals surface area contributed by atoms with Crippen LogP contribution in [0, 0.1) is 13.8 Å². The second-order valence-corrected chi connectivity index (χ2v) is 5.81. The smallest absolute Gasteiger partial charge is 0.138 e. The molecule has 0 amide bonds. The monoisotopic (exact) mass is 312 g/mol. The lowest BCUT2D eigenvalue weighted by Crippen LogP contribution is -2.37. The second kappa shape index (κ2) is 6.96. The van der Waals surface area contributed by atoms with Crippen molar-refractivity contribution in [3.8, 4) is 0 Å². The molecule has 23 heavy (non-hydrogen) atoms. The van der Waals surface area contributed by atoms with Crippen molar-refractivity contribution in [2.24, 2.45) is 0 Å². The number of benzene rings is 1. The molecule has 0 saturated carbocycles. The average molecular weight is 312 g/mol. The van der Waals surface area contributed by atoms with Gasteiger partial charge in [-0.05, 0) is 38.5 Å². The van der Waals surface area contributed by atoms with Gasteiger partial charge in [-0.3, -0.25) is 0 Å². The van der Waals surface area contributed by atoms with Gasteiger partial charge in [0, 0.05) is 31.4 Å². The van der Waals surface area contributed by atoms with Gasteiger partial charge in [-0.25, -0.2) is 9.97 Å². The van der Waals surface area contributed by atoms with Gasteiger partial charge in [0.25, 0.3) is 0 Å². The maximum absolute atomic E-state index is 5.44. The highest BCUT2D eigenvalue weighted by Gasteiger charge is 2.17. The highest BCUT2D eigenvalue weighted by atomic mass is 16.5. The Morgan fingerprint density at radius 1 is 1.13 bits per heavy atom. The molecule has 1 aromatic heterocycles. The summed E-state index contributed by atoms with van der Waals surface area (Å²) < 4.78 is 5.44. The zero-order valence-corrected chi connectivity index (χ0v) is 14.1. The largest absolute Gasteiger partial charge is 0.378 e. The summed E-state index contributed by atoms with van der Waals surface area (Å²) in [6, 6.07) is 10.6. The first kappa shape index (κ1) is 15.7. The lowest BCUT2D eigenvalue weighted by molar-refractivity contribution is 0.122. The fraction of sp³-hybridized carbons (Fsp3) is 0.444. The van der Waals surface area contributed by atoms with Crippen molar-refractivity contribution in [1.82, 2.24) is 9.97 Å². The third kappa shape index (κ3) is 3.62. The molecule has 0 atom stereocenters. The fourth-order valence-electron chi connectivity index (χ4n) is 2.90. The Morgan fingerprint density at radius 2 is 1.91 bits per heavy atom. The fourth-order valence-corrected chi connectivity index (χ4v) is 2.90. The van der Waals surface area contributed by atoms with E-state index in [1.165, 1.54) is 11.3 Å². The number of rotatable bonds is 4. The van der Waals surface area contributed by atoms with Gasteiger partial charge in [-0.2, -0.15) is 0 Å². The van der Waals surface area contributed by atoms with E-state index >= 15 is 0 Å². The van der Waals surface area contributed by atoms with E-state index in [2.05, 4.69) is 63.9 Å². The van der Waals surface area contributed by atoms with Gasteiger partial charge >= 0.3 is 0 Å². The maximum Gasteiger partial charge on any atom is 0.138 e. The Bertz CT molecular complexity index is 668. The molecular formula is C18H24N4O. The van der Waals surface area contributed by atoms with Gasteiger partial charge in [0.15, 0.2) is 0 Å². The molecule has 5 heteroatoms. The standard InChI is InChI=1S/C18H24N4O/c1-4-22(16-7-5-6-14(2)12-16)18-13-17(19-15(3)20-18)21-8-10-23-11-9-21/h5-7,12-13H,4,8-11H2,1-3H3. The predicted octanol–water partition coefficient (Wildman–Crippen LogP) is 3.09. The van der Waals surface area contributed by atoms with Crippen LogP contribution in [0.1, 0.15) is 18.3 Å². The van der Waals surface area contributed by atoms with Crippen LogP contribution in [-0.4, -0.2) is 42.8 Å². The first-order valence-electron chi connectivity index (χ1n) is 8.20. The van der Waals surface area contributed by atoms with Crippen LogP contribution in [-0.2, 0) is 4.74 Å². The van der Waals surface area contributed by atoms with Crippen LogP contribution < -0.4 is 9.80 Å². The molecule has 0 radical (unpaired) electrons. The van der Waals surface area contributed by atoms with Crippen LogP contribution >= 0.6 is 0 Å². The van der Waals surface area contributed by atoms with Crippen molar-refractivity contribution in [3.05, 3.63) is 41.7 Å². The second-order valence-electron chi connectivity index (χ2n) is 5.81. The third-order valence-electron chi connectivity index (χ3n) is 4.05. The van der Waals surface area contributed by atoms with Gasteiger partial charge in [-0.1, -0.05) is 12.1 Å². The van der Waals surface area contributed by atoms with E-state index in [4.69, 9.17) is 4.74 Å². The van der Waals surface area contributed by atoms with Crippen LogP contribution in [0.15, 0.2) is 30.3 Å². The van der Waals surface area contributed by atoms with Gasteiger partial charge in [-0.15, -0.1) is 0 Å². The Kier molecular flexibility index (Phi) is 4.76. The summed E-state index contributed by atoms with van der Waals surface area (Å²) in [5.74, 6) is 2.74. The number of aromatic nitrogens is 2. The molecule has 1 aliphatic heterocycles. The Hall–Kier alpha value is -2.14. The van der Waals surface area contributed by atoms with Crippen LogP contribution in [0.3, 0.4) is 0 Å². The van der Waals surface area contributed by atoms with Crippen molar-refractivity contribution in [3.63, 3.8) is 0 Å². The van der Waals surface area contributed by atoms with Gasteiger partial charge in [0.1, 0.15) is 17.5 Å². The molecule has 122 valence electrons. The summed E-state index contributed by atoms with van der Waals surface area (Å²) in [7, 11) is 0. The molecule has 1 aromatic carbocycles. The van der Waals surface area contributed by atoms with Crippen LogP contribution in [0.5, 0.6) is 0 Å². The van der Waals surface area contributed by atoms with E-state index in [-0.39, 0.29) is 0 Å². The summed E-state index contributed by atoms with van der Waals surface area (Å²) in [6.07, 6.45) is 0. The van der Waals surface area contributed by atoms with Crippen LogP contribution in [0.4, 0.5) is 17.3 Å². The van der Waals surface area contributed by atoms with Crippen molar-refractivity contribution < 1.29 is 4.74 Å². The molecule has 1 saturated heterocycles. The summed E-state index contributed by atoms with van der Waals surface area (Å²) in [5.41, 5.74) is 2.42. The number of aryl methyl sites for hydroxylation is 2. The Balaban J connectivity index is 1.95. The van der Waals surface area contributed by atoms with E-state index in [1.807, 2.05) is 6.92 Å². The molecule has 2 heterocycles. The molecule has 3 rings (SSSR count). The van der Waals surface area contributed by atoms with Crippen LogP contribution in [0.25, 0.3) is 0 Å². The highest BCUT2D eigenvalue weighted by Crippen LogP contribution is 2.27. The van der Waals surface area contributed by atoms with E-state index in [0.29, 0.717) is 0 Å². The van der Waals surface area contributed by atoms with E-state index in [1.54, 1.807) is 0 Å². The quantitative estimate of drug-likeness (QED) is 0.868. The third-order valence-corrected chi connectivity index (χ3v) is 4.05. The molecule has 1 aliphatic rings. The van der Waals surface area contributed by atoms with Crippen molar-refractivity contribution in [2.75, 3.05) is 42.6 Å². The van der Waals surface area contributed by atoms with Crippen molar-refractivity contribution in [1.29, 1.82) is 0 Å². The summed E-state index contributed by atoms with van der Waals surface area (Å²) in [4.78, 5) is 13.8. The number of morpholine rings is 1. The molecule has 0 N–H and O–H groups in total. The predicted molar refractivity (Wildman–Crippen MR) is 93.7 cm³/mol. The number of ether oxygens (including phenoxy) is 1. The van der Waals surface area contributed by atoms with E-state index in [9.17, 15) is 0 Å². The van der Waals surface area contributed by atoms with E-state index < -0.39 is 0 Å². The zero-order valence-electron chi connectivity index (χ0n) is 14.1. The Morgan fingerprint density at radius 3 is 2.61 bits per heavy atom. The topological polar surface area (TPSA) is 41.5 Å². The highest BCUT2D eigenvalue weighted by molar-refractivity contribution is 5.63. The molecule has 1 fully saturated rings. The molecule has 0 aliphatic carbocycles. The van der Waals surface area contributed by atoms with Crippen molar-refractivity contribution >= 4 is 17.3 Å². The zero-order chi connectivity index (χ0) is 16.2. The first-order chi connectivity index (χ1) is 11.2. The molecule has 0 unspecified atom stereocenters. The number of hydrogen-bond acceptors (Lipinski definition) is 5. The molecule has 2 aromatic rings. The number of anilines is 3. The summed E-state index contributed by atoms with van der Waals surface area (Å²) >= 11 is 0.